The van der Waals surface area contributed by atoms with Crippen molar-refractivity contribution in [2.75, 3.05) is 11.9 Å². The number of aldehydes is 1. The minimum atomic E-state index is 0.590. The molecule has 2 aromatic carbocycles. The van der Waals surface area contributed by atoms with Crippen LogP contribution in [0.4, 0.5) is 5.69 Å². The maximum atomic E-state index is 11.3. The lowest BCUT2D eigenvalue weighted by atomic mass is 10.1. The lowest BCUT2D eigenvalue weighted by molar-refractivity contribution is 0.112. The lowest BCUT2D eigenvalue weighted by Crippen LogP contribution is -2.20. The van der Waals surface area contributed by atoms with Crippen LogP contribution in [0, 0.1) is 18.3 Å². The minimum absolute atomic E-state index is 0.590. The predicted molar refractivity (Wildman–Crippen MR) is 91.6 cm³/mol. The Hall–Kier alpha value is -3.06. The number of nitrogens with zero attached hydrogens (tertiary/aromatic N) is 3. The van der Waals surface area contributed by atoms with Gasteiger partial charge in [0.15, 0.2) is 6.29 Å². The fraction of sp³-hybridized carbons (Fsp3) is 0.158. The monoisotopic (exact) mass is 303 g/mol. The average Bonchev–Trinajstić information content (AvgIpc) is 2.92. The van der Waals surface area contributed by atoms with E-state index in [0.29, 0.717) is 17.8 Å². The first kappa shape index (κ1) is 14.9. The molecule has 0 spiro atoms. The van der Waals surface area contributed by atoms with Crippen molar-refractivity contribution in [2.45, 2.75) is 13.6 Å². The van der Waals surface area contributed by atoms with E-state index in [1.54, 1.807) is 6.07 Å². The Morgan fingerprint density at radius 3 is 2.61 bits per heavy atom. The van der Waals surface area contributed by atoms with Gasteiger partial charge in [0.2, 0.25) is 0 Å². The molecule has 0 atom stereocenters. The number of hydrogen-bond acceptors (Lipinski definition) is 3. The quantitative estimate of drug-likeness (QED) is 0.690. The molecule has 0 aliphatic heterocycles. The highest BCUT2D eigenvalue weighted by atomic mass is 16.1. The van der Waals surface area contributed by atoms with Crippen LogP contribution in [0.5, 0.6) is 0 Å². The molecule has 0 aliphatic carbocycles. The first-order valence-electron chi connectivity index (χ1n) is 7.38. The third-order valence-electron chi connectivity index (χ3n) is 4.01. The molecule has 4 nitrogen and oxygen atoms in total. The standard InChI is InChI=1S/C19H17N3O/c1-14-3-6-17(7-4-14)21(2)13-22-11-16(12-23)18-8-5-15(10-20)9-19(18)22/h3-9,11-12H,13H2,1-2H3. The van der Waals surface area contributed by atoms with E-state index in [0.717, 1.165) is 22.9 Å². The van der Waals surface area contributed by atoms with E-state index in [1.807, 2.05) is 29.9 Å². The number of fused-ring (bicyclic) bond motifs is 1. The van der Waals surface area contributed by atoms with Gasteiger partial charge in [-0.1, -0.05) is 23.8 Å². The zero-order valence-corrected chi connectivity index (χ0v) is 13.2. The topological polar surface area (TPSA) is 49.0 Å². The smallest absolute Gasteiger partial charge is 0.152 e. The van der Waals surface area contributed by atoms with Crippen LogP contribution in [0.25, 0.3) is 10.9 Å². The molecule has 1 heterocycles. The second-order valence-corrected chi connectivity index (χ2v) is 5.69. The Labute approximate surface area is 135 Å². The highest BCUT2D eigenvalue weighted by molar-refractivity contribution is 5.98. The van der Waals surface area contributed by atoms with Gasteiger partial charge in [-0.3, -0.25) is 4.79 Å². The molecule has 23 heavy (non-hydrogen) atoms. The summed E-state index contributed by atoms with van der Waals surface area (Å²) in [6.07, 6.45) is 2.69. The van der Waals surface area contributed by atoms with Gasteiger partial charge in [0.1, 0.15) is 0 Å². The van der Waals surface area contributed by atoms with E-state index in [1.165, 1.54) is 5.56 Å². The number of benzene rings is 2. The maximum absolute atomic E-state index is 11.3. The van der Waals surface area contributed by atoms with Crippen molar-refractivity contribution in [2.24, 2.45) is 0 Å². The molecule has 3 rings (SSSR count). The number of nitriles is 1. The van der Waals surface area contributed by atoms with Crippen molar-refractivity contribution in [3.05, 3.63) is 65.4 Å². The van der Waals surface area contributed by atoms with Gasteiger partial charge in [-0.05, 0) is 31.2 Å². The van der Waals surface area contributed by atoms with Crippen LogP contribution >= 0.6 is 0 Å². The van der Waals surface area contributed by atoms with E-state index >= 15 is 0 Å². The SMILES string of the molecule is Cc1ccc(N(C)Cn2cc(C=O)c3ccc(C#N)cc32)cc1. The fourth-order valence-corrected chi connectivity index (χ4v) is 2.71. The number of aryl methyl sites for hydroxylation is 1. The Balaban J connectivity index is 2.00. The number of carbonyl (C=O) groups excluding carboxylic acids is 1. The van der Waals surface area contributed by atoms with E-state index < -0.39 is 0 Å². The van der Waals surface area contributed by atoms with Gasteiger partial charge in [0.05, 0.1) is 23.8 Å². The summed E-state index contributed by atoms with van der Waals surface area (Å²) in [6.45, 7) is 2.66. The molecule has 0 saturated heterocycles. The van der Waals surface area contributed by atoms with Crippen LogP contribution in [0.2, 0.25) is 0 Å². The van der Waals surface area contributed by atoms with Crippen molar-refractivity contribution in [3.63, 3.8) is 0 Å². The summed E-state index contributed by atoms with van der Waals surface area (Å²) in [5.41, 5.74) is 4.44. The summed E-state index contributed by atoms with van der Waals surface area (Å²) < 4.78 is 2.00. The zero-order chi connectivity index (χ0) is 16.4. The molecule has 114 valence electrons. The highest BCUT2D eigenvalue weighted by Crippen LogP contribution is 2.23. The van der Waals surface area contributed by atoms with Crippen LogP contribution in [-0.2, 0) is 6.67 Å². The summed E-state index contributed by atoms with van der Waals surface area (Å²) >= 11 is 0. The number of carbonyl (C=O) groups is 1. The van der Waals surface area contributed by atoms with Gasteiger partial charge < -0.3 is 9.47 Å². The molecule has 0 radical (unpaired) electrons. The van der Waals surface area contributed by atoms with Gasteiger partial charge in [-0.15, -0.1) is 0 Å². The van der Waals surface area contributed by atoms with Crippen LogP contribution < -0.4 is 4.90 Å². The molecule has 0 saturated carbocycles. The van der Waals surface area contributed by atoms with Crippen molar-refractivity contribution in [1.29, 1.82) is 5.26 Å². The van der Waals surface area contributed by atoms with E-state index in [9.17, 15) is 4.79 Å². The number of aromatic nitrogens is 1. The van der Waals surface area contributed by atoms with Gasteiger partial charge in [-0.25, -0.2) is 0 Å². The van der Waals surface area contributed by atoms with E-state index in [2.05, 4.69) is 42.2 Å². The molecule has 4 heteroatoms. The number of anilines is 1. The van der Waals surface area contributed by atoms with Crippen LogP contribution in [0.3, 0.4) is 0 Å². The highest BCUT2D eigenvalue weighted by Gasteiger charge is 2.10. The minimum Gasteiger partial charge on any atom is -0.357 e. The van der Waals surface area contributed by atoms with Crippen molar-refractivity contribution >= 4 is 22.9 Å². The van der Waals surface area contributed by atoms with Crippen molar-refractivity contribution in [3.8, 4) is 6.07 Å². The van der Waals surface area contributed by atoms with Gasteiger partial charge in [0.25, 0.3) is 0 Å². The molecular formula is C19H17N3O. The largest absolute Gasteiger partial charge is 0.357 e. The summed E-state index contributed by atoms with van der Waals surface area (Å²) in [4.78, 5) is 13.4. The summed E-state index contributed by atoms with van der Waals surface area (Å²) in [6, 6.07) is 15.8. The normalized spacial score (nSPS) is 10.5. The number of rotatable bonds is 4. The summed E-state index contributed by atoms with van der Waals surface area (Å²) in [5.74, 6) is 0. The second kappa shape index (κ2) is 5.98. The van der Waals surface area contributed by atoms with Crippen molar-refractivity contribution in [1.82, 2.24) is 4.57 Å². The van der Waals surface area contributed by atoms with E-state index in [4.69, 9.17) is 5.26 Å². The molecule has 0 amide bonds. The zero-order valence-electron chi connectivity index (χ0n) is 13.2. The molecular weight excluding hydrogens is 286 g/mol. The molecule has 0 N–H and O–H groups in total. The lowest BCUT2D eigenvalue weighted by Gasteiger charge is -2.21. The second-order valence-electron chi connectivity index (χ2n) is 5.69. The van der Waals surface area contributed by atoms with Crippen LogP contribution in [0.15, 0.2) is 48.7 Å². The molecule has 0 bridgehead atoms. The van der Waals surface area contributed by atoms with Crippen LogP contribution in [-0.4, -0.2) is 17.9 Å². The first-order chi connectivity index (χ1) is 11.1. The first-order valence-corrected chi connectivity index (χ1v) is 7.38. The maximum Gasteiger partial charge on any atom is 0.152 e. The van der Waals surface area contributed by atoms with Crippen molar-refractivity contribution < 1.29 is 4.79 Å². The van der Waals surface area contributed by atoms with Crippen LogP contribution in [0.1, 0.15) is 21.5 Å². The fourth-order valence-electron chi connectivity index (χ4n) is 2.71. The van der Waals surface area contributed by atoms with Gasteiger partial charge >= 0.3 is 0 Å². The van der Waals surface area contributed by atoms with E-state index in [-0.39, 0.29) is 0 Å². The predicted octanol–water partition coefficient (Wildman–Crippen LogP) is 3.73. The average molecular weight is 303 g/mol. The summed E-state index contributed by atoms with van der Waals surface area (Å²) in [5, 5.41) is 9.97. The Morgan fingerprint density at radius 1 is 1.22 bits per heavy atom. The Morgan fingerprint density at radius 2 is 1.96 bits per heavy atom. The van der Waals surface area contributed by atoms with Gasteiger partial charge in [-0.2, -0.15) is 5.26 Å². The molecule has 3 aromatic rings. The Bertz CT molecular complexity index is 901. The molecule has 0 fully saturated rings. The van der Waals surface area contributed by atoms with Gasteiger partial charge in [0, 0.05) is 29.9 Å². The third kappa shape index (κ3) is 2.82. The number of hydrogen-bond donors (Lipinski definition) is 0. The summed E-state index contributed by atoms with van der Waals surface area (Å²) in [7, 11) is 2.01. The molecule has 0 unspecified atom stereocenters. The molecule has 1 aromatic heterocycles. The molecule has 0 aliphatic rings. The third-order valence-corrected chi connectivity index (χ3v) is 4.01. The Kier molecular flexibility index (Phi) is 3.86.